The standard InChI is InChI=1S/C16H18ClNO3S/c1-3-18(4-2)16(19)15-9-8-13(21-15)11-22(20)14-7-5-6-12(17)10-14/h5-10H,3-4,11H2,1-2H3/t22-/m1/s1. The molecule has 0 aliphatic rings. The molecule has 4 nitrogen and oxygen atoms in total. The molecule has 6 heteroatoms. The molecule has 0 spiro atoms. The second kappa shape index (κ2) is 7.61. The summed E-state index contributed by atoms with van der Waals surface area (Å²) in [4.78, 5) is 14.5. The van der Waals surface area contributed by atoms with Gasteiger partial charge in [0.2, 0.25) is 0 Å². The number of nitrogens with zero attached hydrogens (tertiary/aromatic N) is 1. The zero-order valence-corrected chi connectivity index (χ0v) is 14.1. The number of hydrogen-bond acceptors (Lipinski definition) is 3. The Hall–Kier alpha value is -1.59. The first-order valence-corrected chi connectivity index (χ1v) is 8.76. The summed E-state index contributed by atoms with van der Waals surface area (Å²) in [5, 5.41) is 0.544. The first kappa shape index (κ1) is 16.8. The van der Waals surface area contributed by atoms with E-state index in [1.807, 2.05) is 13.8 Å². The molecule has 0 saturated heterocycles. The predicted molar refractivity (Wildman–Crippen MR) is 87.5 cm³/mol. The van der Waals surface area contributed by atoms with Crippen molar-refractivity contribution in [2.45, 2.75) is 24.5 Å². The summed E-state index contributed by atoms with van der Waals surface area (Å²) in [6, 6.07) is 10.2. The van der Waals surface area contributed by atoms with Crippen molar-refractivity contribution >= 4 is 28.3 Å². The zero-order valence-electron chi connectivity index (χ0n) is 12.5. The number of rotatable bonds is 6. The van der Waals surface area contributed by atoms with Gasteiger partial charge in [-0.15, -0.1) is 0 Å². The molecular weight excluding hydrogens is 322 g/mol. The van der Waals surface area contributed by atoms with E-state index in [4.69, 9.17) is 16.0 Å². The van der Waals surface area contributed by atoms with E-state index in [0.29, 0.717) is 28.8 Å². The van der Waals surface area contributed by atoms with Crippen LogP contribution in [0.15, 0.2) is 45.7 Å². The van der Waals surface area contributed by atoms with Crippen LogP contribution in [0.3, 0.4) is 0 Å². The fourth-order valence-corrected chi connectivity index (χ4v) is 3.38. The molecule has 118 valence electrons. The summed E-state index contributed by atoms with van der Waals surface area (Å²) in [6.45, 7) is 5.08. The van der Waals surface area contributed by atoms with Crippen molar-refractivity contribution in [3.63, 3.8) is 0 Å². The number of carbonyl (C=O) groups excluding carboxylic acids is 1. The van der Waals surface area contributed by atoms with Gasteiger partial charge in [-0.1, -0.05) is 17.7 Å². The number of carbonyl (C=O) groups is 1. The Morgan fingerprint density at radius 1 is 1.23 bits per heavy atom. The molecule has 0 saturated carbocycles. The zero-order chi connectivity index (χ0) is 16.1. The van der Waals surface area contributed by atoms with E-state index in [0.717, 1.165) is 0 Å². The van der Waals surface area contributed by atoms with Gasteiger partial charge >= 0.3 is 0 Å². The molecule has 1 amide bonds. The van der Waals surface area contributed by atoms with Gasteiger partial charge in [0.1, 0.15) is 5.76 Å². The van der Waals surface area contributed by atoms with Crippen molar-refractivity contribution in [2.24, 2.45) is 0 Å². The first-order valence-electron chi connectivity index (χ1n) is 7.07. The predicted octanol–water partition coefficient (Wildman–Crippen LogP) is 3.72. The molecule has 0 radical (unpaired) electrons. The molecule has 0 bridgehead atoms. The highest BCUT2D eigenvalue weighted by Gasteiger charge is 2.17. The molecule has 22 heavy (non-hydrogen) atoms. The lowest BCUT2D eigenvalue weighted by atomic mass is 10.3. The minimum Gasteiger partial charge on any atom is -0.455 e. The van der Waals surface area contributed by atoms with E-state index in [1.165, 1.54) is 0 Å². The quantitative estimate of drug-likeness (QED) is 0.805. The van der Waals surface area contributed by atoms with Gasteiger partial charge < -0.3 is 9.32 Å². The van der Waals surface area contributed by atoms with Crippen LogP contribution < -0.4 is 0 Å². The van der Waals surface area contributed by atoms with Crippen molar-refractivity contribution < 1.29 is 13.4 Å². The molecule has 2 rings (SSSR count). The second-order valence-electron chi connectivity index (χ2n) is 4.69. The van der Waals surface area contributed by atoms with Crippen LogP contribution in [0, 0.1) is 0 Å². The largest absolute Gasteiger partial charge is 0.455 e. The Labute approximate surface area is 137 Å². The molecule has 0 aliphatic carbocycles. The van der Waals surface area contributed by atoms with Gasteiger partial charge in [-0.25, -0.2) is 0 Å². The van der Waals surface area contributed by atoms with Crippen LogP contribution in [0.25, 0.3) is 0 Å². The van der Waals surface area contributed by atoms with Crippen LogP contribution in [-0.4, -0.2) is 28.1 Å². The maximum absolute atomic E-state index is 12.3. The molecule has 1 atom stereocenters. The summed E-state index contributed by atoms with van der Waals surface area (Å²) in [7, 11) is -1.26. The van der Waals surface area contributed by atoms with Crippen LogP contribution in [0.1, 0.15) is 30.2 Å². The number of amides is 1. The van der Waals surface area contributed by atoms with Crippen molar-refractivity contribution in [2.75, 3.05) is 13.1 Å². The average molecular weight is 340 g/mol. The van der Waals surface area contributed by atoms with E-state index >= 15 is 0 Å². The second-order valence-corrected chi connectivity index (χ2v) is 6.58. The number of benzene rings is 1. The Bertz CT molecular complexity index is 680. The highest BCUT2D eigenvalue weighted by atomic mass is 35.5. The molecule has 1 aromatic heterocycles. The summed E-state index contributed by atoms with van der Waals surface area (Å²) >= 11 is 5.90. The molecule has 1 heterocycles. The lowest BCUT2D eigenvalue weighted by molar-refractivity contribution is 0.0739. The fraction of sp³-hybridized carbons (Fsp3) is 0.312. The van der Waals surface area contributed by atoms with Crippen molar-refractivity contribution in [1.82, 2.24) is 4.90 Å². The molecule has 1 aromatic carbocycles. The monoisotopic (exact) mass is 339 g/mol. The van der Waals surface area contributed by atoms with Gasteiger partial charge in [-0.2, -0.15) is 0 Å². The molecule has 0 unspecified atom stereocenters. The number of furan rings is 1. The van der Waals surface area contributed by atoms with E-state index in [-0.39, 0.29) is 17.4 Å². The van der Waals surface area contributed by atoms with E-state index in [2.05, 4.69) is 0 Å². The summed E-state index contributed by atoms with van der Waals surface area (Å²) in [5.41, 5.74) is 0. The third-order valence-corrected chi connectivity index (χ3v) is 4.82. The number of hydrogen-bond donors (Lipinski definition) is 0. The summed E-state index contributed by atoms with van der Waals surface area (Å²) < 4.78 is 17.8. The van der Waals surface area contributed by atoms with Gasteiger partial charge in [0.15, 0.2) is 5.76 Å². The lowest BCUT2D eigenvalue weighted by Crippen LogP contribution is -2.30. The Kier molecular flexibility index (Phi) is 5.80. The first-order chi connectivity index (χ1) is 10.5. The van der Waals surface area contributed by atoms with Gasteiger partial charge in [-0.05, 0) is 44.2 Å². The van der Waals surface area contributed by atoms with E-state index < -0.39 is 10.8 Å². The Morgan fingerprint density at radius 3 is 2.59 bits per heavy atom. The topological polar surface area (TPSA) is 50.5 Å². The Balaban J connectivity index is 2.09. The third kappa shape index (κ3) is 3.99. The van der Waals surface area contributed by atoms with Crippen LogP contribution in [0.2, 0.25) is 5.02 Å². The minimum atomic E-state index is -1.26. The molecule has 2 aromatic rings. The average Bonchev–Trinajstić information content (AvgIpc) is 2.97. The normalized spacial score (nSPS) is 12.1. The highest BCUT2D eigenvalue weighted by Crippen LogP contribution is 2.19. The maximum Gasteiger partial charge on any atom is 0.289 e. The van der Waals surface area contributed by atoms with Crippen molar-refractivity contribution in [3.05, 3.63) is 52.9 Å². The van der Waals surface area contributed by atoms with Crippen molar-refractivity contribution in [1.29, 1.82) is 0 Å². The third-order valence-electron chi connectivity index (χ3n) is 3.26. The SMILES string of the molecule is CCN(CC)C(=O)c1ccc(C[S@@](=O)c2cccc(Cl)c2)o1. The van der Waals surface area contributed by atoms with Gasteiger partial charge in [0.25, 0.3) is 5.91 Å². The summed E-state index contributed by atoms with van der Waals surface area (Å²) in [6.07, 6.45) is 0. The Morgan fingerprint density at radius 2 is 1.95 bits per heavy atom. The summed E-state index contributed by atoms with van der Waals surface area (Å²) in [5.74, 6) is 0.867. The molecule has 0 N–H and O–H groups in total. The molecular formula is C16H18ClNO3S. The van der Waals surface area contributed by atoms with Crippen molar-refractivity contribution in [3.8, 4) is 0 Å². The van der Waals surface area contributed by atoms with Gasteiger partial charge in [0.05, 0.1) is 16.6 Å². The fourth-order valence-electron chi connectivity index (χ4n) is 2.06. The van der Waals surface area contributed by atoms with Gasteiger partial charge in [-0.3, -0.25) is 9.00 Å². The lowest BCUT2D eigenvalue weighted by Gasteiger charge is -2.16. The van der Waals surface area contributed by atoms with E-state index in [9.17, 15) is 9.00 Å². The van der Waals surface area contributed by atoms with Gasteiger partial charge in [0, 0.05) is 23.0 Å². The highest BCUT2D eigenvalue weighted by molar-refractivity contribution is 7.84. The minimum absolute atomic E-state index is 0.148. The molecule has 0 fully saturated rings. The van der Waals surface area contributed by atoms with Crippen LogP contribution >= 0.6 is 11.6 Å². The molecule has 0 aliphatic heterocycles. The van der Waals surface area contributed by atoms with Crippen LogP contribution in [-0.2, 0) is 16.6 Å². The van der Waals surface area contributed by atoms with Crippen LogP contribution in [0.5, 0.6) is 0 Å². The number of halogens is 1. The van der Waals surface area contributed by atoms with Crippen LogP contribution in [0.4, 0.5) is 0 Å². The van der Waals surface area contributed by atoms with E-state index in [1.54, 1.807) is 41.3 Å². The smallest absolute Gasteiger partial charge is 0.289 e. The maximum atomic E-state index is 12.3.